The van der Waals surface area contributed by atoms with Crippen molar-refractivity contribution in [2.24, 2.45) is 0 Å². The van der Waals surface area contributed by atoms with Crippen LogP contribution in [0.2, 0.25) is 0 Å². The monoisotopic (exact) mass is 398 g/mol. The highest BCUT2D eigenvalue weighted by atomic mass is 16.5. The molecule has 0 saturated carbocycles. The highest BCUT2D eigenvalue weighted by Gasteiger charge is 2.40. The number of aryl methyl sites for hydroxylation is 2. The van der Waals surface area contributed by atoms with Crippen LogP contribution in [0.3, 0.4) is 0 Å². The van der Waals surface area contributed by atoms with Crippen molar-refractivity contribution in [2.75, 3.05) is 17.3 Å². The van der Waals surface area contributed by atoms with Crippen molar-refractivity contribution in [1.82, 2.24) is 0 Å². The number of methoxy groups -OCH3 is 1. The quantitative estimate of drug-likeness (QED) is 0.633. The normalized spacial score (nSPS) is 13.8. The van der Waals surface area contributed by atoms with Gasteiger partial charge in [-0.3, -0.25) is 9.59 Å². The first-order chi connectivity index (χ1) is 14.5. The highest BCUT2D eigenvalue weighted by molar-refractivity contribution is 6.46. The van der Waals surface area contributed by atoms with Crippen LogP contribution < -0.4 is 15.0 Å². The summed E-state index contributed by atoms with van der Waals surface area (Å²) in [5.41, 5.74) is 4.50. The molecule has 30 heavy (non-hydrogen) atoms. The first kappa shape index (κ1) is 19.5. The van der Waals surface area contributed by atoms with E-state index in [1.165, 1.54) is 4.90 Å². The van der Waals surface area contributed by atoms with Gasteiger partial charge in [0.15, 0.2) is 0 Å². The summed E-state index contributed by atoms with van der Waals surface area (Å²) in [7, 11) is 1.57. The van der Waals surface area contributed by atoms with Gasteiger partial charge < -0.3 is 10.1 Å². The fraction of sp³-hybridized carbons (Fsp3) is 0.120. The Morgan fingerprint density at radius 2 is 1.53 bits per heavy atom. The van der Waals surface area contributed by atoms with Gasteiger partial charge in [0.1, 0.15) is 11.4 Å². The van der Waals surface area contributed by atoms with Crippen molar-refractivity contribution in [3.05, 3.63) is 95.2 Å². The van der Waals surface area contributed by atoms with Gasteiger partial charge in [0.05, 0.1) is 24.1 Å². The molecule has 0 aliphatic carbocycles. The lowest BCUT2D eigenvalue weighted by molar-refractivity contribution is -0.120. The minimum absolute atomic E-state index is 0.236. The van der Waals surface area contributed by atoms with E-state index in [1.54, 1.807) is 37.4 Å². The van der Waals surface area contributed by atoms with E-state index in [9.17, 15) is 9.59 Å². The number of carbonyl (C=O) groups excluding carboxylic acids is 2. The molecule has 1 aliphatic rings. The second-order valence-electron chi connectivity index (χ2n) is 7.17. The van der Waals surface area contributed by atoms with E-state index in [2.05, 4.69) is 5.32 Å². The zero-order chi connectivity index (χ0) is 21.3. The Hall–Kier alpha value is -3.86. The molecule has 1 N–H and O–H groups in total. The number of hydrogen-bond acceptors (Lipinski definition) is 4. The van der Waals surface area contributed by atoms with E-state index in [0.29, 0.717) is 22.7 Å². The summed E-state index contributed by atoms with van der Waals surface area (Å²) in [6.07, 6.45) is 0. The van der Waals surface area contributed by atoms with Crippen LogP contribution in [0.1, 0.15) is 16.7 Å². The molecule has 1 aliphatic heterocycles. The van der Waals surface area contributed by atoms with Gasteiger partial charge in [0.25, 0.3) is 11.8 Å². The molecule has 1 heterocycles. The average Bonchev–Trinajstić information content (AvgIpc) is 2.99. The summed E-state index contributed by atoms with van der Waals surface area (Å²) in [6, 6.07) is 22.1. The van der Waals surface area contributed by atoms with E-state index in [1.807, 2.05) is 56.3 Å². The first-order valence-corrected chi connectivity index (χ1v) is 9.67. The fourth-order valence-corrected chi connectivity index (χ4v) is 3.68. The molecular formula is C25H22N2O3. The van der Waals surface area contributed by atoms with Gasteiger partial charge in [-0.1, -0.05) is 54.1 Å². The number of carbonyl (C=O) groups is 2. The van der Waals surface area contributed by atoms with Crippen molar-refractivity contribution in [3.63, 3.8) is 0 Å². The van der Waals surface area contributed by atoms with Gasteiger partial charge in [0.2, 0.25) is 0 Å². The van der Waals surface area contributed by atoms with E-state index in [0.717, 1.165) is 16.7 Å². The van der Waals surface area contributed by atoms with Crippen LogP contribution in [-0.4, -0.2) is 18.9 Å². The molecule has 0 aromatic heterocycles. The third kappa shape index (κ3) is 3.35. The molecule has 0 fully saturated rings. The zero-order valence-corrected chi connectivity index (χ0v) is 17.1. The van der Waals surface area contributed by atoms with Crippen LogP contribution in [0.5, 0.6) is 5.75 Å². The third-order valence-electron chi connectivity index (χ3n) is 5.12. The van der Waals surface area contributed by atoms with Gasteiger partial charge in [-0.25, -0.2) is 4.90 Å². The second kappa shape index (κ2) is 7.87. The van der Waals surface area contributed by atoms with Gasteiger partial charge in [-0.2, -0.15) is 0 Å². The minimum atomic E-state index is -0.396. The lowest BCUT2D eigenvalue weighted by atomic mass is 9.97. The number of hydrogen-bond donors (Lipinski definition) is 1. The zero-order valence-electron chi connectivity index (χ0n) is 17.1. The fourth-order valence-electron chi connectivity index (χ4n) is 3.68. The van der Waals surface area contributed by atoms with Crippen molar-refractivity contribution in [2.45, 2.75) is 13.8 Å². The molecule has 2 amide bonds. The van der Waals surface area contributed by atoms with Gasteiger partial charge in [-0.05, 0) is 49.2 Å². The Bertz CT molecular complexity index is 1170. The lowest BCUT2D eigenvalue weighted by Crippen LogP contribution is -2.32. The summed E-state index contributed by atoms with van der Waals surface area (Å²) in [5.74, 6) is -0.161. The number of benzene rings is 3. The van der Waals surface area contributed by atoms with Crippen molar-refractivity contribution in [3.8, 4) is 5.75 Å². The number of para-hydroxylation sites is 3. The molecule has 3 aromatic carbocycles. The Labute approximate surface area is 175 Å². The molecule has 0 atom stereocenters. The summed E-state index contributed by atoms with van der Waals surface area (Å²) >= 11 is 0. The smallest absolute Gasteiger partial charge is 0.282 e. The van der Waals surface area contributed by atoms with Crippen LogP contribution in [0.15, 0.2) is 78.5 Å². The topological polar surface area (TPSA) is 58.6 Å². The number of rotatable bonds is 5. The van der Waals surface area contributed by atoms with E-state index in [4.69, 9.17) is 4.74 Å². The lowest BCUT2D eigenvalue weighted by Gasteiger charge is -2.15. The minimum Gasteiger partial charge on any atom is -0.495 e. The Morgan fingerprint density at radius 3 is 2.23 bits per heavy atom. The van der Waals surface area contributed by atoms with Crippen LogP contribution in [-0.2, 0) is 9.59 Å². The van der Waals surface area contributed by atoms with Gasteiger partial charge in [-0.15, -0.1) is 0 Å². The van der Waals surface area contributed by atoms with Crippen LogP contribution in [0.4, 0.5) is 11.4 Å². The predicted octanol–water partition coefficient (Wildman–Crippen LogP) is 4.71. The van der Waals surface area contributed by atoms with Crippen LogP contribution >= 0.6 is 0 Å². The van der Waals surface area contributed by atoms with Gasteiger partial charge in [0, 0.05) is 0 Å². The molecule has 0 saturated heterocycles. The number of imide groups is 1. The number of nitrogens with one attached hydrogen (secondary N) is 1. The van der Waals surface area contributed by atoms with Crippen molar-refractivity contribution in [1.29, 1.82) is 0 Å². The third-order valence-corrected chi connectivity index (χ3v) is 5.12. The van der Waals surface area contributed by atoms with E-state index < -0.39 is 5.91 Å². The average molecular weight is 398 g/mol. The first-order valence-electron chi connectivity index (χ1n) is 9.67. The second-order valence-corrected chi connectivity index (χ2v) is 7.17. The molecule has 0 unspecified atom stereocenters. The Morgan fingerprint density at radius 1 is 0.833 bits per heavy atom. The maximum absolute atomic E-state index is 13.5. The maximum atomic E-state index is 13.5. The Kier molecular flexibility index (Phi) is 5.11. The molecule has 5 heteroatoms. The Balaban J connectivity index is 1.88. The molecule has 0 bridgehead atoms. The summed E-state index contributed by atoms with van der Waals surface area (Å²) in [5, 5.41) is 3.17. The molecular weight excluding hydrogens is 376 g/mol. The maximum Gasteiger partial charge on any atom is 0.282 e. The van der Waals surface area contributed by atoms with Crippen molar-refractivity contribution >= 4 is 28.8 Å². The largest absolute Gasteiger partial charge is 0.495 e. The standard InChI is InChI=1S/C25H22N2O3/c1-16-13-14-19(17(2)15-16)22-23(26-20-11-7-8-12-21(20)30-3)25(29)27(24(22)28)18-9-5-4-6-10-18/h4-15,26H,1-3H3. The number of nitrogens with zero attached hydrogens (tertiary/aromatic N) is 1. The summed E-state index contributed by atoms with van der Waals surface area (Å²) < 4.78 is 5.41. The molecule has 5 nitrogen and oxygen atoms in total. The van der Waals surface area contributed by atoms with Gasteiger partial charge >= 0.3 is 0 Å². The molecule has 4 rings (SSSR count). The SMILES string of the molecule is COc1ccccc1NC1=C(c2ccc(C)cc2C)C(=O)N(c2ccccc2)C1=O. The predicted molar refractivity (Wildman–Crippen MR) is 118 cm³/mol. The highest BCUT2D eigenvalue weighted by Crippen LogP contribution is 2.36. The molecule has 0 radical (unpaired) electrons. The van der Waals surface area contributed by atoms with Crippen LogP contribution in [0, 0.1) is 13.8 Å². The van der Waals surface area contributed by atoms with Crippen molar-refractivity contribution < 1.29 is 14.3 Å². The summed E-state index contributed by atoms with van der Waals surface area (Å²) in [4.78, 5) is 28.1. The molecule has 150 valence electrons. The van der Waals surface area contributed by atoms with Crippen LogP contribution in [0.25, 0.3) is 5.57 Å². The summed E-state index contributed by atoms with van der Waals surface area (Å²) in [6.45, 7) is 3.94. The van der Waals surface area contributed by atoms with E-state index >= 15 is 0 Å². The molecule has 3 aromatic rings. The number of anilines is 2. The van der Waals surface area contributed by atoms with E-state index in [-0.39, 0.29) is 11.6 Å². The molecule has 0 spiro atoms. The number of amides is 2. The number of ether oxygens (including phenoxy) is 1.